The van der Waals surface area contributed by atoms with Gasteiger partial charge in [-0.05, 0) is 30.9 Å². The van der Waals surface area contributed by atoms with E-state index in [0.29, 0.717) is 0 Å². The van der Waals surface area contributed by atoms with Gasteiger partial charge in [0.15, 0.2) is 0 Å². The molecule has 0 spiro atoms. The molecule has 0 heterocycles. The summed E-state index contributed by atoms with van der Waals surface area (Å²) in [6.07, 6.45) is 2.86. The number of hydrogen-bond acceptors (Lipinski definition) is 0. The Bertz CT molecular complexity index is 265. The van der Waals surface area contributed by atoms with Gasteiger partial charge < -0.3 is 0 Å². The Hall–Kier alpha value is -1.26. The predicted octanol–water partition coefficient (Wildman–Crippen LogP) is 3.02. The fraction of sp³-hybridized carbons (Fsp3) is 0.167. The minimum absolute atomic E-state index is 0.282. The Kier molecular flexibility index (Phi) is 3.37. The van der Waals surface area contributed by atoms with Crippen molar-refractivity contribution in [3.05, 3.63) is 61.2 Å². The lowest BCUT2D eigenvalue weighted by atomic mass is 10.0. The summed E-state index contributed by atoms with van der Waals surface area (Å²) in [5.74, 6) is 0.282. The van der Waals surface area contributed by atoms with Gasteiger partial charge in [-0.2, -0.15) is 0 Å². The topological polar surface area (TPSA) is 0 Å². The van der Waals surface area contributed by atoms with Crippen LogP contribution < -0.4 is 0 Å². The van der Waals surface area contributed by atoms with E-state index in [0.717, 1.165) is 6.42 Å². The molecule has 1 aromatic rings. The Labute approximate surface area is 74.2 Å². The van der Waals surface area contributed by atoms with Crippen molar-refractivity contribution in [2.45, 2.75) is 6.42 Å². The lowest BCUT2D eigenvalue weighted by Crippen LogP contribution is -1.94. The van der Waals surface area contributed by atoms with Crippen LogP contribution in [0.2, 0.25) is 0 Å². The molecule has 12 heavy (non-hydrogen) atoms. The maximum atomic E-state index is 3.96. The molecule has 1 radical (unpaired) electrons. The van der Waals surface area contributed by atoms with Crippen molar-refractivity contribution in [3.63, 3.8) is 0 Å². The smallest absolute Gasteiger partial charge is 0.0117 e. The average Bonchev–Trinajstić information content (AvgIpc) is 2.06. The highest BCUT2D eigenvalue weighted by Crippen LogP contribution is 2.07. The van der Waals surface area contributed by atoms with Crippen LogP contribution in [0, 0.1) is 12.8 Å². The maximum Gasteiger partial charge on any atom is -0.0117 e. The SMILES string of the molecule is [CH2]C(C=C=C)Cc1ccccc1. The third-order valence-corrected chi connectivity index (χ3v) is 1.69. The summed E-state index contributed by atoms with van der Waals surface area (Å²) in [5, 5.41) is 0. The molecule has 1 aromatic carbocycles. The van der Waals surface area contributed by atoms with Gasteiger partial charge in [-0.15, -0.1) is 5.73 Å². The monoisotopic (exact) mass is 157 g/mol. The molecule has 0 aliphatic heterocycles. The van der Waals surface area contributed by atoms with Crippen molar-refractivity contribution >= 4 is 0 Å². The standard InChI is InChI=1S/C12H13/c1-3-7-11(2)10-12-8-5-4-6-9-12/h4-9,11H,1-2,10H2. The minimum atomic E-state index is 0.282. The molecule has 0 amide bonds. The van der Waals surface area contributed by atoms with Crippen LogP contribution >= 0.6 is 0 Å². The fourth-order valence-electron chi connectivity index (χ4n) is 1.14. The molecular formula is C12H13. The van der Waals surface area contributed by atoms with Crippen LogP contribution in [-0.4, -0.2) is 0 Å². The normalized spacial score (nSPS) is 11.8. The number of hydrogen-bond donors (Lipinski definition) is 0. The second kappa shape index (κ2) is 4.58. The summed E-state index contributed by atoms with van der Waals surface area (Å²) in [5.41, 5.74) is 4.06. The summed E-state index contributed by atoms with van der Waals surface area (Å²) in [4.78, 5) is 0. The Balaban J connectivity index is 2.58. The van der Waals surface area contributed by atoms with Gasteiger partial charge in [-0.25, -0.2) is 0 Å². The van der Waals surface area contributed by atoms with Crippen molar-refractivity contribution in [1.29, 1.82) is 0 Å². The van der Waals surface area contributed by atoms with E-state index < -0.39 is 0 Å². The molecular weight excluding hydrogens is 144 g/mol. The molecule has 61 valence electrons. The Morgan fingerprint density at radius 2 is 2.00 bits per heavy atom. The van der Waals surface area contributed by atoms with Crippen molar-refractivity contribution in [2.24, 2.45) is 5.92 Å². The summed E-state index contributed by atoms with van der Waals surface area (Å²) < 4.78 is 0. The van der Waals surface area contributed by atoms with E-state index in [1.54, 1.807) is 0 Å². The third-order valence-electron chi connectivity index (χ3n) is 1.69. The van der Waals surface area contributed by atoms with E-state index in [-0.39, 0.29) is 5.92 Å². The van der Waals surface area contributed by atoms with Crippen molar-refractivity contribution in [2.75, 3.05) is 0 Å². The summed E-state index contributed by atoms with van der Waals surface area (Å²) in [6.45, 7) is 7.49. The second-order valence-corrected chi connectivity index (χ2v) is 2.82. The van der Waals surface area contributed by atoms with Crippen LogP contribution in [0.25, 0.3) is 0 Å². The quantitative estimate of drug-likeness (QED) is 0.592. The minimum Gasteiger partial charge on any atom is -0.133 e. The van der Waals surface area contributed by atoms with E-state index in [4.69, 9.17) is 0 Å². The van der Waals surface area contributed by atoms with Gasteiger partial charge in [0, 0.05) is 0 Å². The zero-order chi connectivity index (χ0) is 8.81. The molecule has 0 heteroatoms. The molecule has 0 saturated carbocycles. The zero-order valence-electron chi connectivity index (χ0n) is 7.16. The predicted molar refractivity (Wildman–Crippen MR) is 52.7 cm³/mol. The van der Waals surface area contributed by atoms with Crippen LogP contribution in [0.5, 0.6) is 0 Å². The molecule has 0 saturated heterocycles. The van der Waals surface area contributed by atoms with E-state index in [2.05, 4.69) is 31.4 Å². The molecule has 1 rings (SSSR count). The molecule has 0 N–H and O–H groups in total. The van der Waals surface area contributed by atoms with Crippen LogP contribution in [0.15, 0.2) is 48.7 Å². The highest BCUT2D eigenvalue weighted by molar-refractivity contribution is 5.16. The first kappa shape index (κ1) is 8.83. The first-order chi connectivity index (χ1) is 5.83. The number of allylic oxidation sites excluding steroid dienone is 1. The third kappa shape index (κ3) is 2.77. The summed E-state index contributed by atoms with van der Waals surface area (Å²) in [6, 6.07) is 10.3. The van der Waals surface area contributed by atoms with Gasteiger partial charge in [-0.1, -0.05) is 36.9 Å². The van der Waals surface area contributed by atoms with Gasteiger partial charge in [0.1, 0.15) is 0 Å². The van der Waals surface area contributed by atoms with E-state index in [1.165, 1.54) is 5.56 Å². The lowest BCUT2D eigenvalue weighted by Gasteiger charge is -2.03. The highest BCUT2D eigenvalue weighted by atomic mass is 14.0. The molecule has 1 atom stereocenters. The first-order valence-electron chi connectivity index (χ1n) is 4.06. The Morgan fingerprint density at radius 3 is 2.58 bits per heavy atom. The van der Waals surface area contributed by atoms with Crippen molar-refractivity contribution in [3.8, 4) is 0 Å². The number of rotatable bonds is 3. The molecule has 0 nitrogen and oxygen atoms in total. The van der Waals surface area contributed by atoms with Crippen molar-refractivity contribution in [1.82, 2.24) is 0 Å². The van der Waals surface area contributed by atoms with Gasteiger partial charge in [0.05, 0.1) is 0 Å². The highest BCUT2D eigenvalue weighted by Gasteiger charge is 1.97. The number of benzene rings is 1. The average molecular weight is 157 g/mol. The first-order valence-corrected chi connectivity index (χ1v) is 4.06. The van der Waals surface area contributed by atoms with Gasteiger partial charge >= 0.3 is 0 Å². The molecule has 0 fully saturated rings. The largest absolute Gasteiger partial charge is 0.133 e. The van der Waals surface area contributed by atoms with Crippen molar-refractivity contribution < 1.29 is 0 Å². The zero-order valence-corrected chi connectivity index (χ0v) is 7.16. The fourth-order valence-corrected chi connectivity index (χ4v) is 1.14. The van der Waals surface area contributed by atoms with E-state index >= 15 is 0 Å². The van der Waals surface area contributed by atoms with E-state index in [9.17, 15) is 0 Å². The van der Waals surface area contributed by atoms with Crippen LogP contribution in [-0.2, 0) is 6.42 Å². The molecule has 0 aliphatic rings. The summed E-state index contributed by atoms with van der Waals surface area (Å²) in [7, 11) is 0. The van der Waals surface area contributed by atoms with Crippen LogP contribution in [0.3, 0.4) is 0 Å². The van der Waals surface area contributed by atoms with E-state index in [1.807, 2.05) is 24.3 Å². The maximum absolute atomic E-state index is 3.96. The Morgan fingerprint density at radius 1 is 1.33 bits per heavy atom. The van der Waals surface area contributed by atoms with Crippen LogP contribution in [0.4, 0.5) is 0 Å². The summed E-state index contributed by atoms with van der Waals surface area (Å²) >= 11 is 0. The molecule has 0 aliphatic carbocycles. The van der Waals surface area contributed by atoms with Gasteiger partial charge in [0.25, 0.3) is 0 Å². The van der Waals surface area contributed by atoms with Gasteiger partial charge in [0.2, 0.25) is 0 Å². The molecule has 1 unspecified atom stereocenters. The molecule has 0 aromatic heterocycles. The van der Waals surface area contributed by atoms with Gasteiger partial charge in [-0.3, -0.25) is 0 Å². The van der Waals surface area contributed by atoms with Crippen LogP contribution in [0.1, 0.15) is 5.56 Å². The molecule has 0 bridgehead atoms. The lowest BCUT2D eigenvalue weighted by molar-refractivity contribution is 0.802. The second-order valence-electron chi connectivity index (χ2n) is 2.82.